The van der Waals surface area contributed by atoms with Crippen molar-refractivity contribution in [2.24, 2.45) is 0 Å². The van der Waals surface area contributed by atoms with E-state index >= 15 is 0 Å². The summed E-state index contributed by atoms with van der Waals surface area (Å²) in [5.74, 6) is 0.292. The average Bonchev–Trinajstić information content (AvgIpc) is 2.87. The number of nitrogens with zero attached hydrogens (tertiary/aromatic N) is 3. The Bertz CT molecular complexity index is 1090. The molecule has 0 saturated carbocycles. The first-order valence-corrected chi connectivity index (χ1v) is 12.1. The van der Waals surface area contributed by atoms with Gasteiger partial charge < -0.3 is 30.1 Å². The van der Waals surface area contributed by atoms with Gasteiger partial charge in [-0.1, -0.05) is 23.2 Å². The van der Waals surface area contributed by atoms with Crippen LogP contribution in [0.1, 0.15) is 6.42 Å². The first-order valence-electron chi connectivity index (χ1n) is 11.3. The van der Waals surface area contributed by atoms with Crippen LogP contribution in [0.2, 0.25) is 10.0 Å². The molecule has 0 aromatic heterocycles. The van der Waals surface area contributed by atoms with Gasteiger partial charge in [0.2, 0.25) is 11.8 Å². The van der Waals surface area contributed by atoms with Crippen LogP contribution in [0, 0.1) is 0 Å². The van der Waals surface area contributed by atoms with Crippen molar-refractivity contribution in [3.63, 3.8) is 0 Å². The normalized spacial score (nSPS) is 18.2. The molecule has 9 nitrogen and oxygen atoms in total. The molecule has 2 aliphatic heterocycles. The van der Waals surface area contributed by atoms with Crippen LogP contribution in [0.3, 0.4) is 0 Å². The molecular weight excluding hydrogens is 493 g/mol. The number of urea groups is 1. The minimum absolute atomic E-state index is 0.0802. The number of benzene rings is 2. The Morgan fingerprint density at radius 2 is 1.74 bits per heavy atom. The van der Waals surface area contributed by atoms with E-state index in [-0.39, 0.29) is 18.2 Å². The van der Waals surface area contributed by atoms with E-state index in [0.717, 1.165) is 11.4 Å². The van der Waals surface area contributed by atoms with Crippen LogP contribution in [-0.4, -0.2) is 80.1 Å². The predicted octanol–water partition coefficient (Wildman–Crippen LogP) is 3.07. The van der Waals surface area contributed by atoms with Crippen molar-refractivity contribution in [1.82, 2.24) is 15.1 Å². The van der Waals surface area contributed by atoms with Crippen LogP contribution in [0.4, 0.5) is 16.2 Å². The predicted molar refractivity (Wildman–Crippen MR) is 135 cm³/mol. The first-order chi connectivity index (χ1) is 16.9. The lowest BCUT2D eigenvalue weighted by Gasteiger charge is -2.38. The lowest BCUT2D eigenvalue weighted by Crippen LogP contribution is -2.60. The van der Waals surface area contributed by atoms with Crippen molar-refractivity contribution >= 4 is 52.4 Å². The summed E-state index contributed by atoms with van der Waals surface area (Å²) in [6.45, 7) is 3.04. The molecule has 0 spiro atoms. The molecule has 0 aliphatic carbocycles. The molecule has 2 N–H and O–H groups in total. The van der Waals surface area contributed by atoms with Crippen molar-refractivity contribution in [3.05, 3.63) is 52.5 Å². The third-order valence-corrected chi connectivity index (χ3v) is 6.94. The van der Waals surface area contributed by atoms with Crippen molar-refractivity contribution in [3.8, 4) is 5.75 Å². The molecule has 1 atom stereocenters. The molecular formula is C24H27Cl2N5O4. The molecule has 2 fully saturated rings. The molecule has 2 heterocycles. The van der Waals surface area contributed by atoms with Gasteiger partial charge in [-0.3, -0.25) is 9.59 Å². The number of amides is 4. The summed E-state index contributed by atoms with van der Waals surface area (Å²) in [4.78, 5) is 44.0. The largest absolute Gasteiger partial charge is 0.497 e. The van der Waals surface area contributed by atoms with Crippen LogP contribution >= 0.6 is 23.2 Å². The monoisotopic (exact) mass is 519 g/mol. The lowest BCUT2D eigenvalue weighted by molar-refractivity contribution is -0.137. The van der Waals surface area contributed by atoms with Gasteiger partial charge in [-0.25, -0.2) is 4.79 Å². The molecule has 2 saturated heterocycles. The van der Waals surface area contributed by atoms with Crippen LogP contribution in [0.15, 0.2) is 42.5 Å². The van der Waals surface area contributed by atoms with Crippen LogP contribution in [-0.2, 0) is 9.59 Å². The Morgan fingerprint density at radius 1 is 1.03 bits per heavy atom. The van der Waals surface area contributed by atoms with E-state index in [9.17, 15) is 14.4 Å². The summed E-state index contributed by atoms with van der Waals surface area (Å²) in [6.07, 6.45) is -0.0802. The van der Waals surface area contributed by atoms with E-state index in [2.05, 4.69) is 15.5 Å². The highest BCUT2D eigenvalue weighted by Crippen LogP contribution is 2.26. The number of piperazine rings is 2. The molecule has 11 heteroatoms. The van der Waals surface area contributed by atoms with Gasteiger partial charge in [-0.05, 0) is 42.5 Å². The quantitative estimate of drug-likeness (QED) is 0.632. The van der Waals surface area contributed by atoms with E-state index in [1.54, 1.807) is 24.1 Å². The highest BCUT2D eigenvalue weighted by molar-refractivity contribution is 6.42. The summed E-state index contributed by atoms with van der Waals surface area (Å²) >= 11 is 12.0. The van der Waals surface area contributed by atoms with Crippen molar-refractivity contribution < 1.29 is 19.1 Å². The van der Waals surface area contributed by atoms with E-state index in [1.807, 2.05) is 24.3 Å². The number of hydrogen-bond acceptors (Lipinski definition) is 5. The van der Waals surface area contributed by atoms with Gasteiger partial charge in [0.1, 0.15) is 11.8 Å². The molecule has 0 unspecified atom stereocenters. The van der Waals surface area contributed by atoms with Gasteiger partial charge in [-0.15, -0.1) is 0 Å². The van der Waals surface area contributed by atoms with Gasteiger partial charge in [0, 0.05) is 50.6 Å². The topological polar surface area (TPSA) is 94.2 Å². The zero-order valence-electron chi connectivity index (χ0n) is 19.3. The fourth-order valence-electron chi connectivity index (χ4n) is 4.23. The SMILES string of the molecule is COc1ccc(N2CCN(C(=O)C[C@@H]3C(=O)NCCN3C(=O)Nc3ccc(Cl)c(Cl)c3)CC2)cc1. The third kappa shape index (κ3) is 5.91. The molecule has 0 radical (unpaired) electrons. The van der Waals surface area contributed by atoms with Crippen LogP contribution in [0.5, 0.6) is 5.75 Å². The Kier molecular flexibility index (Phi) is 7.87. The Balaban J connectivity index is 1.36. The minimum Gasteiger partial charge on any atom is -0.497 e. The van der Waals surface area contributed by atoms with Crippen molar-refractivity contribution in [2.45, 2.75) is 12.5 Å². The van der Waals surface area contributed by atoms with E-state index in [1.165, 1.54) is 11.0 Å². The van der Waals surface area contributed by atoms with Gasteiger partial charge in [0.15, 0.2) is 0 Å². The van der Waals surface area contributed by atoms with Crippen LogP contribution in [0.25, 0.3) is 0 Å². The zero-order chi connectivity index (χ0) is 24.9. The summed E-state index contributed by atoms with van der Waals surface area (Å²) in [5, 5.41) is 6.17. The minimum atomic E-state index is -0.890. The number of nitrogens with one attached hydrogen (secondary N) is 2. The maximum Gasteiger partial charge on any atom is 0.322 e. The highest BCUT2D eigenvalue weighted by Gasteiger charge is 2.36. The Hall–Kier alpha value is -3.17. The lowest BCUT2D eigenvalue weighted by atomic mass is 10.1. The van der Waals surface area contributed by atoms with E-state index < -0.39 is 12.1 Å². The fraction of sp³-hybridized carbons (Fsp3) is 0.375. The molecule has 4 amide bonds. The molecule has 35 heavy (non-hydrogen) atoms. The van der Waals surface area contributed by atoms with E-state index in [0.29, 0.717) is 55.0 Å². The average molecular weight is 520 g/mol. The second-order valence-corrected chi connectivity index (χ2v) is 9.14. The summed E-state index contributed by atoms with van der Waals surface area (Å²) < 4.78 is 5.21. The number of anilines is 2. The zero-order valence-corrected chi connectivity index (χ0v) is 20.8. The smallest absolute Gasteiger partial charge is 0.322 e. The van der Waals surface area contributed by atoms with Crippen molar-refractivity contribution in [1.29, 1.82) is 0 Å². The number of ether oxygens (including phenoxy) is 1. The van der Waals surface area contributed by atoms with Gasteiger partial charge in [0.05, 0.1) is 23.6 Å². The fourth-order valence-corrected chi connectivity index (χ4v) is 4.53. The summed E-state index contributed by atoms with van der Waals surface area (Å²) in [6, 6.07) is 11.2. The first kappa shape index (κ1) is 24.9. The number of halogens is 2. The molecule has 2 aromatic carbocycles. The van der Waals surface area contributed by atoms with Crippen LogP contribution < -0.4 is 20.3 Å². The molecule has 0 bridgehead atoms. The highest BCUT2D eigenvalue weighted by atomic mass is 35.5. The summed E-state index contributed by atoms with van der Waals surface area (Å²) in [5.41, 5.74) is 1.52. The molecule has 186 valence electrons. The molecule has 2 aromatic rings. The second kappa shape index (κ2) is 11.0. The summed E-state index contributed by atoms with van der Waals surface area (Å²) in [7, 11) is 1.63. The molecule has 4 rings (SSSR count). The number of carbonyl (C=O) groups is 3. The Labute approximate surface area is 213 Å². The number of rotatable bonds is 5. The maximum atomic E-state index is 13.1. The molecule has 2 aliphatic rings. The third-order valence-electron chi connectivity index (χ3n) is 6.20. The number of methoxy groups -OCH3 is 1. The number of hydrogen-bond donors (Lipinski definition) is 2. The standard InChI is InChI=1S/C24H27Cl2N5O4/c1-35-18-5-3-17(4-6-18)29-10-12-30(13-11-29)22(32)15-21-23(33)27-8-9-31(21)24(34)28-16-2-7-19(25)20(26)14-16/h2-7,14,21H,8-13,15H2,1H3,(H,27,33)(H,28,34)/t21-/m1/s1. The van der Waals surface area contributed by atoms with Gasteiger partial charge in [0.25, 0.3) is 0 Å². The van der Waals surface area contributed by atoms with Crippen molar-refractivity contribution in [2.75, 3.05) is 56.6 Å². The van der Waals surface area contributed by atoms with E-state index in [4.69, 9.17) is 27.9 Å². The maximum absolute atomic E-state index is 13.1. The number of carbonyl (C=O) groups excluding carboxylic acids is 3. The van der Waals surface area contributed by atoms with Gasteiger partial charge in [-0.2, -0.15) is 0 Å². The van der Waals surface area contributed by atoms with Gasteiger partial charge >= 0.3 is 6.03 Å². The Morgan fingerprint density at radius 3 is 2.40 bits per heavy atom. The second-order valence-electron chi connectivity index (χ2n) is 8.33.